The second-order valence-corrected chi connectivity index (χ2v) is 12.0. The molecule has 3 N–H and O–H groups in total. The zero-order chi connectivity index (χ0) is 23.6. The third-order valence-corrected chi connectivity index (χ3v) is 8.37. The van der Waals surface area contributed by atoms with Gasteiger partial charge in [-0.1, -0.05) is 35.0 Å². The summed E-state index contributed by atoms with van der Waals surface area (Å²) in [6.45, 7) is 2.43. The highest BCUT2D eigenvalue weighted by Crippen LogP contribution is 2.34. The van der Waals surface area contributed by atoms with Crippen molar-refractivity contribution in [1.82, 2.24) is 14.3 Å². The van der Waals surface area contributed by atoms with Gasteiger partial charge in [-0.15, -0.1) is 0 Å². The summed E-state index contributed by atoms with van der Waals surface area (Å²) >= 11 is 6.83. The SMILES string of the molecule is CC(CNC(=O)c1ccc(I)cc1NS(=O)(=O)C1=CC=CN2SNC=C12)c1cccc(Br)c1. The molecular formula is C22H20BrIN4O3S2. The summed E-state index contributed by atoms with van der Waals surface area (Å²) in [5.41, 5.74) is 2.11. The summed E-state index contributed by atoms with van der Waals surface area (Å²) in [5, 5.41) is 2.93. The normalized spacial score (nSPS) is 15.8. The Morgan fingerprint density at radius 2 is 2.09 bits per heavy atom. The summed E-state index contributed by atoms with van der Waals surface area (Å²) < 4.78 is 35.5. The molecule has 11 heteroatoms. The van der Waals surface area contributed by atoms with E-state index in [1.165, 1.54) is 18.2 Å². The highest BCUT2D eigenvalue weighted by atomic mass is 127. The number of sulfonamides is 1. The van der Waals surface area contributed by atoms with Crippen LogP contribution in [-0.2, 0) is 10.0 Å². The Bertz CT molecular complexity index is 1290. The van der Waals surface area contributed by atoms with Crippen LogP contribution >= 0.6 is 50.7 Å². The van der Waals surface area contributed by atoms with Crippen molar-refractivity contribution in [1.29, 1.82) is 0 Å². The summed E-state index contributed by atoms with van der Waals surface area (Å²) in [6, 6.07) is 13.0. The molecule has 0 saturated carbocycles. The number of rotatable bonds is 7. The molecule has 33 heavy (non-hydrogen) atoms. The van der Waals surface area contributed by atoms with Crippen LogP contribution in [0.5, 0.6) is 0 Å². The lowest BCUT2D eigenvalue weighted by molar-refractivity contribution is 0.0952. The second-order valence-electron chi connectivity index (χ2n) is 7.40. The third kappa shape index (κ3) is 5.58. The van der Waals surface area contributed by atoms with Gasteiger partial charge in [0.15, 0.2) is 0 Å². The summed E-state index contributed by atoms with van der Waals surface area (Å²) in [4.78, 5) is 13.1. The smallest absolute Gasteiger partial charge is 0.264 e. The molecule has 0 aromatic heterocycles. The number of nitrogens with zero attached hydrogens (tertiary/aromatic N) is 1. The molecule has 0 saturated heterocycles. The third-order valence-electron chi connectivity index (χ3n) is 5.05. The quantitative estimate of drug-likeness (QED) is 0.285. The Labute approximate surface area is 219 Å². The Hall–Kier alpha value is -1.96. The molecule has 1 unspecified atom stereocenters. The van der Waals surface area contributed by atoms with Crippen molar-refractivity contribution in [2.45, 2.75) is 12.8 Å². The van der Waals surface area contributed by atoms with Crippen LogP contribution in [0.15, 0.2) is 82.1 Å². The van der Waals surface area contributed by atoms with E-state index >= 15 is 0 Å². The first kappa shape index (κ1) is 24.2. The number of hydrogen-bond acceptors (Lipinski definition) is 6. The van der Waals surface area contributed by atoms with Gasteiger partial charge in [-0.05, 0) is 76.6 Å². The van der Waals surface area contributed by atoms with E-state index in [-0.39, 0.29) is 28.0 Å². The Morgan fingerprint density at radius 3 is 2.88 bits per heavy atom. The van der Waals surface area contributed by atoms with Gasteiger partial charge in [0.2, 0.25) is 0 Å². The lowest BCUT2D eigenvalue weighted by Gasteiger charge is -2.21. The van der Waals surface area contributed by atoms with Crippen molar-refractivity contribution < 1.29 is 13.2 Å². The highest BCUT2D eigenvalue weighted by molar-refractivity contribution is 14.1. The molecule has 0 fully saturated rings. The molecule has 2 aromatic carbocycles. The molecule has 1 atom stereocenters. The van der Waals surface area contributed by atoms with Crippen LogP contribution < -0.4 is 14.8 Å². The van der Waals surface area contributed by atoms with Crippen LogP contribution in [0.2, 0.25) is 0 Å². The average Bonchev–Trinajstić information content (AvgIpc) is 3.26. The first-order chi connectivity index (χ1) is 15.7. The number of nitrogens with one attached hydrogen (secondary N) is 3. The Morgan fingerprint density at radius 1 is 1.27 bits per heavy atom. The van der Waals surface area contributed by atoms with E-state index in [9.17, 15) is 13.2 Å². The highest BCUT2D eigenvalue weighted by Gasteiger charge is 2.30. The zero-order valence-corrected chi connectivity index (χ0v) is 22.8. The number of halogens is 2. The van der Waals surface area contributed by atoms with Crippen LogP contribution in [0.4, 0.5) is 5.69 Å². The van der Waals surface area contributed by atoms with E-state index in [1.54, 1.807) is 41.0 Å². The maximum atomic E-state index is 13.2. The molecule has 7 nitrogen and oxygen atoms in total. The molecule has 2 aliphatic rings. The van der Waals surface area contributed by atoms with Gasteiger partial charge >= 0.3 is 0 Å². The van der Waals surface area contributed by atoms with Crippen LogP contribution in [0, 0.1) is 3.57 Å². The molecule has 0 aliphatic carbocycles. The molecule has 0 bridgehead atoms. The number of fused-ring (bicyclic) bond motifs is 1. The van der Waals surface area contributed by atoms with E-state index in [1.807, 2.05) is 31.2 Å². The maximum Gasteiger partial charge on any atom is 0.264 e. The molecule has 2 heterocycles. The van der Waals surface area contributed by atoms with Crippen molar-refractivity contribution in [2.75, 3.05) is 11.3 Å². The summed E-state index contributed by atoms with van der Waals surface area (Å²) in [6.07, 6.45) is 6.60. The molecule has 2 aliphatic heterocycles. The number of anilines is 1. The lowest BCUT2D eigenvalue weighted by atomic mass is 10.0. The molecule has 2 aromatic rings. The van der Waals surface area contributed by atoms with Crippen LogP contribution in [0.25, 0.3) is 0 Å². The van der Waals surface area contributed by atoms with Crippen LogP contribution in [-0.4, -0.2) is 25.2 Å². The van der Waals surface area contributed by atoms with Gasteiger partial charge in [0.05, 0.1) is 29.1 Å². The molecule has 172 valence electrons. The van der Waals surface area contributed by atoms with Gasteiger partial charge in [-0.3, -0.25) is 13.8 Å². The van der Waals surface area contributed by atoms with Crippen molar-refractivity contribution in [3.05, 3.63) is 96.8 Å². The van der Waals surface area contributed by atoms with Gasteiger partial charge < -0.3 is 10.0 Å². The fraction of sp³-hybridized carbons (Fsp3) is 0.136. The van der Waals surface area contributed by atoms with Crippen molar-refractivity contribution in [3.8, 4) is 0 Å². The topological polar surface area (TPSA) is 90.5 Å². The number of carbonyl (C=O) groups excluding carboxylic acids is 1. The summed E-state index contributed by atoms with van der Waals surface area (Å²) in [5.74, 6) is -0.262. The molecule has 0 radical (unpaired) electrons. The van der Waals surface area contributed by atoms with Gasteiger partial charge in [0.25, 0.3) is 15.9 Å². The minimum absolute atomic E-state index is 0.0832. The van der Waals surface area contributed by atoms with E-state index < -0.39 is 10.0 Å². The molecule has 1 amide bonds. The minimum Gasteiger partial charge on any atom is -0.351 e. The van der Waals surface area contributed by atoms with Gasteiger partial charge in [0.1, 0.15) is 4.91 Å². The number of amides is 1. The van der Waals surface area contributed by atoms with E-state index in [0.29, 0.717) is 12.2 Å². The predicted molar refractivity (Wildman–Crippen MR) is 144 cm³/mol. The number of benzene rings is 2. The van der Waals surface area contributed by atoms with Crippen molar-refractivity contribution in [3.63, 3.8) is 0 Å². The lowest BCUT2D eigenvalue weighted by Crippen LogP contribution is -2.29. The van der Waals surface area contributed by atoms with Crippen molar-refractivity contribution in [2.24, 2.45) is 0 Å². The summed E-state index contributed by atoms with van der Waals surface area (Å²) in [7, 11) is -3.93. The number of hydrogen-bond donors (Lipinski definition) is 3. The van der Waals surface area contributed by atoms with Crippen LogP contribution in [0.3, 0.4) is 0 Å². The fourth-order valence-corrected chi connectivity index (χ4v) is 6.22. The molecular weight excluding hydrogens is 639 g/mol. The van der Waals surface area contributed by atoms with Crippen molar-refractivity contribution >= 4 is 72.3 Å². The van der Waals surface area contributed by atoms with Crippen LogP contribution in [0.1, 0.15) is 28.8 Å². The van der Waals surface area contributed by atoms with E-state index in [0.717, 1.165) is 13.6 Å². The number of carbonyl (C=O) groups is 1. The fourth-order valence-electron chi connectivity index (χ4n) is 3.33. The molecule has 0 spiro atoms. The first-order valence-corrected chi connectivity index (χ1v) is 14.0. The van der Waals surface area contributed by atoms with Gasteiger partial charge in [0, 0.05) is 27.0 Å². The van der Waals surface area contributed by atoms with Gasteiger partial charge in [-0.25, -0.2) is 8.42 Å². The van der Waals surface area contributed by atoms with E-state index in [4.69, 9.17) is 0 Å². The maximum absolute atomic E-state index is 13.2. The number of allylic oxidation sites excluding steroid dienone is 2. The predicted octanol–water partition coefficient (Wildman–Crippen LogP) is 5.05. The Kier molecular flexibility index (Phi) is 7.41. The minimum atomic E-state index is -3.93. The monoisotopic (exact) mass is 658 g/mol. The second kappa shape index (κ2) is 10.1. The van der Waals surface area contributed by atoms with Gasteiger partial charge in [-0.2, -0.15) is 0 Å². The van der Waals surface area contributed by atoms with E-state index in [2.05, 4.69) is 53.3 Å². The Balaban J connectivity index is 1.53. The standard InChI is InChI=1S/C22H20BrIN4O3S2/c1-14(15-4-2-5-16(23)10-15)12-25-22(29)18-8-7-17(24)11-19(18)27-33(30,31)21-6-3-9-28-20(21)13-26-32-28/h2-11,13-14,26-27H,12H2,1H3,(H,25,29). The first-order valence-electron chi connectivity index (χ1n) is 9.91. The zero-order valence-electron chi connectivity index (χ0n) is 17.4. The average molecular weight is 659 g/mol. The largest absolute Gasteiger partial charge is 0.351 e. The molecule has 4 rings (SSSR count).